The fourth-order valence-electron chi connectivity index (χ4n) is 3.92. The third kappa shape index (κ3) is 15.1. The Morgan fingerprint density at radius 2 is 1.44 bits per heavy atom. The molecule has 240 valence electrons. The highest BCUT2D eigenvalue weighted by Gasteiger charge is 2.30. The van der Waals surface area contributed by atoms with Crippen LogP contribution in [-0.4, -0.2) is 87.3 Å². The van der Waals surface area contributed by atoms with Gasteiger partial charge >= 0.3 is 16.2 Å². The van der Waals surface area contributed by atoms with Crippen molar-refractivity contribution in [3.8, 4) is 0 Å². The van der Waals surface area contributed by atoms with Gasteiger partial charge in [0.05, 0.1) is 11.3 Å². The normalized spacial score (nSPS) is 13.2. The maximum Gasteiger partial charge on any atom is 0.332 e. The van der Waals surface area contributed by atoms with E-state index in [4.69, 9.17) is 10.8 Å². The second kappa shape index (κ2) is 18.4. The van der Waals surface area contributed by atoms with Crippen LogP contribution in [-0.2, 0) is 45.4 Å². The molecule has 0 unspecified atom stereocenters. The minimum atomic E-state index is -4.85. The fourth-order valence-corrected chi connectivity index (χ4v) is 4.38. The Morgan fingerprint density at radius 3 is 1.95 bits per heavy atom. The average Bonchev–Trinajstić information content (AvgIpc) is 2.91. The Morgan fingerprint density at radius 1 is 0.860 bits per heavy atom. The van der Waals surface area contributed by atoms with E-state index in [-0.39, 0.29) is 32.2 Å². The number of carboxylic acids is 1. The highest BCUT2D eigenvalue weighted by Crippen LogP contribution is 2.13. The van der Waals surface area contributed by atoms with Gasteiger partial charge in [-0.1, -0.05) is 12.1 Å². The van der Waals surface area contributed by atoms with E-state index >= 15 is 0 Å². The van der Waals surface area contributed by atoms with Crippen LogP contribution in [0.2, 0.25) is 0 Å². The van der Waals surface area contributed by atoms with Crippen LogP contribution >= 0.6 is 0 Å². The summed E-state index contributed by atoms with van der Waals surface area (Å²) in [4.78, 5) is 72.6. The number of carbonyl (C=O) groups is 6. The van der Waals surface area contributed by atoms with Crippen LogP contribution in [0.4, 0.5) is 3.89 Å². The van der Waals surface area contributed by atoms with Gasteiger partial charge in [0, 0.05) is 19.9 Å². The van der Waals surface area contributed by atoms with E-state index in [9.17, 15) is 41.1 Å². The molecule has 0 saturated heterocycles. The van der Waals surface area contributed by atoms with Crippen molar-refractivity contribution in [2.24, 2.45) is 5.73 Å². The lowest BCUT2D eigenvalue weighted by atomic mass is 10.0. The average molecular weight is 631 g/mol. The number of carboxylic acid groups (broad SMARTS) is 1. The van der Waals surface area contributed by atoms with Crippen molar-refractivity contribution in [3.63, 3.8) is 0 Å². The van der Waals surface area contributed by atoms with Crippen LogP contribution in [0.15, 0.2) is 29.2 Å². The van der Waals surface area contributed by atoms with Gasteiger partial charge in [0.2, 0.25) is 29.5 Å². The van der Waals surface area contributed by atoms with E-state index < -0.39 is 75.2 Å². The topological polar surface area (TPSA) is 243 Å². The second-order valence-corrected chi connectivity index (χ2v) is 11.0. The number of rotatable bonds is 20. The fraction of sp³-hybridized carbons (Fsp3) is 0.538. The van der Waals surface area contributed by atoms with Gasteiger partial charge in [0.1, 0.15) is 18.1 Å². The lowest BCUT2D eigenvalue weighted by Gasteiger charge is -2.25. The molecule has 8 N–H and O–H groups in total. The molecule has 0 aliphatic heterocycles. The summed E-state index contributed by atoms with van der Waals surface area (Å²) in [6.07, 6.45) is 0.300. The molecule has 0 fully saturated rings. The zero-order chi connectivity index (χ0) is 32.6. The molecule has 43 heavy (non-hydrogen) atoms. The molecule has 1 aromatic carbocycles. The van der Waals surface area contributed by atoms with E-state index in [0.29, 0.717) is 24.9 Å². The van der Waals surface area contributed by atoms with Gasteiger partial charge in [0.25, 0.3) is 0 Å². The van der Waals surface area contributed by atoms with E-state index in [1.165, 1.54) is 12.1 Å². The minimum absolute atomic E-state index is 0.0429. The van der Waals surface area contributed by atoms with Gasteiger partial charge in [-0.2, -0.15) is 8.42 Å². The van der Waals surface area contributed by atoms with Gasteiger partial charge in [-0.3, -0.25) is 28.8 Å². The van der Waals surface area contributed by atoms with Gasteiger partial charge in [-0.25, -0.2) is 0 Å². The SMILES string of the molecule is CNCCCC[C@H](NC(=O)[C@H](CC(=O)O)NC(C)=O)C(=O)N[C@@H](CCC(N)=O)C(=O)NCCc1ccc(S(=O)(=O)F)cc1. The van der Waals surface area contributed by atoms with Gasteiger partial charge < -0.3 is 37.4 Å². The zero-order valence-corrected chi connectivity index (χ0v) is 24.8. The predicted molar refractivity (Wildman–Crippen MR) is 151 cm³/mol. The first-order valence-electron chi connectivity index (χ1n) is 13.5. The lowest BCUT2D eigenvalue weighted by molar-refractivity contribution is -0.141. The van der Waals surface area contributed by atoms with Crippen LogP contribution in [0.3, 0.4) is 0 Å². The van der Waals surface area contributed by atoms with E-state index in [0.717, 1.165) is 19.1 Å². The Kier molecular flexibility index (Phi) is 15.8. The van der Waals surface area contributed by atoms with Gasteiger partial charge in [-0.15, -0.1) is 3.89 Å². The molecular formula is C26H39FN6O9S. The summed E-state index contributed by atoms with van der Waals surface area (Å²) >= 11 is 0. The monoisotopic (exact) mass is 630 g/mol. The standard InChI is InChI=1S/C26H39FN6O9S/c1-16(34)31-21(15-23(36)37)26(40)32-19(5-3-4-13-29-2)25(39)33-20(10-11-22(28)35)24(38)30-14-12-17-6-8-18(9-7-17)43(27,41)42/h6-9,19-21,29H,3-5,10-15H2,1-2H3,(H2,28,35)(H,30,38)(H,31,34)(H,32,40)(H,33,39)(H,36,37)/t19-,20-,21-/m0/s1. The molecule has 0 saturated carbocycles. The summed E-state index contributed by atoms with van der Waals surface area (Å²) in [5.41, 5.74) is 5.81. The van der Waals surface area contributed by atoms with Crippen molar-refractivity contribution in [2.45, 2.75) is 74.9 Å². The molecule has 5 amide bonds. The van der Waals surface area contributed by atoms with Crippen LogP contribution in [0.25, 0.3) is 0 Å². The largest absolute Gasteiger partial charge is 0.481 e. The first kappa shape index (κ1) is 36.9. The third-order valence-electron chi connectivity index (χ3n) is 6.11. The maximum absolute atomic E-state index is 13.3. The predicted octanol–water partition coefficient (Wildman–Crippen LogP) is -1.39. The van der Waals surface area contributed by atoms with Crippen LogP contribution in [0, 0.1) is 0 Å². The molecule has 0 aliphatic rings. The number of aliphatic carboxylic acids is 1. The van der Waals surface area contributed by atoms with Crippen molar-refractivity contribution in [3.05, 3.63) is 29.8 Å². The molecule has 0 bridgehead atoms. The van der Waals surface area contributed by atoms with Crippen LogP contribution < -0.4 is 32.3 Å². The number of hydrogen-bond donors (Lipinski definition) is 7. The molecule has 1 rings (SSSR count). The Bertz CT molecular complexity index is 1230. The zero-order valence-electron chi connectivity index (χ0n) is 24.0. The molecule has 0 aromatic heterocycles. The third-order valence-corrected chi connectivity index (χ3v) is 6.94. The summed E-state index contributed by atoms with van der Waals surface area (Å²) in [5.74, 6) is -5.07. The maximum atomic E-state index is 13.3. The number of carbonyl (C=O) groups excluding carboxylic acids is 5. The highest BCUT2D eigenvalue weighted by molar-refractivity contribution is 7.86. The van der Waals surface area contributed by atoms with E-state index in [1.54, 1.807) is 7.05 Å². The molecule has 15 nitrogen and oxygen atoms in total. The molecule has 17 heteroatoms. The van der Waals surface area contributed by atoms with Crippen molar-refractivity contribution in [1.29, 1.82) is 0 Å². The smallest absolute Gasteiger partial charge is 0.332 e. The first-order chi connectivity index (χ1) is 20.1. The van der Waals surface area contributed by atoms with Crippen LogP contribution in [0.1, 0.15) is 51.0 Å². The first-order valence-corrected chi connectivity index (χ1v) is 14.9. The summed E-state index contributed by atoms with van der Waals surface area (Å²) in [6, 6.07) is 1.04. The summed E-state index contributed by atoms with van der Waals surface area (Å²) < 4.78 is 35.0. The molecule has 3 atom stereocenters. The summed E-state index contributed by atoms with van der Waals surface area (Å²) in [7, 11) is -3.11. The molecule has 0 aliphatic carbocycles. The van der Waals surface area contributed by atoms with Crippen LogP contribution in [0.5, 0.6) is 0 Å². The summed E-state index contributed by atoms with van der Waals surface area (Å²) in [5, 5.41) is 21.9. The number of unbranched alkanes of at least 4 members (excludes halogenated alkanes) is 1. The van der Waals surface area contributed by atoms with Gasteiger partial charge in [-0.05, 0) is 63.4 Å². The number of benzene rings is 1. The van der Waals surface area contributed by atoms with E-state index in [1.807, 2.05) is 0 Å². The molecule has 0 heterocycles. The van der Waals surface area contributed by atoms with Crippen molar-refractivity contribution >= 4 is 45.7 Å². The summed E-state index contributed by atoms with van der Waals surface area (Å²) in [6.45, 7) is 1.77. The highest BCUT2D eigenvalue weighted by atomic mass is 32.3. The second-order valence-electron chi connectivity index (χ2n) is 9.70. The number of halogens is 1. The molecule has 0 spiro atoms. The number of nitrogens with two attached hydrogens (primary N) is 1. The van der Waals surface area contributed by atoms with Crippen molar-refractivity contribution in [1.82, 2.24) is 26.6 Å². The molecule has 0 radical (unpaired) electrons. The number of hydrogen-bond acceptors (Lipinski definition) is 9. The van der Waals surface area contributed by atoms with E-state index in [2.05, 4.69) is 26.6 Å². The van der Waals surface area contributed by atoms with Crippen molar-refractivity contribution in [2.75, 3.05) is 20.1 Å². The van der Waals surface area contributed by atoms with Gasteiger partial charge in [0.15, 0.2) is 0 Å². The molecular weight excluding hydrogens is 591 g/mol. The molecule has 1 aromatic rings. The van der Waals surface area contributed by atoms with Crippen molar-refractivity contribution < 1.29 is 46.2 Å². The Labute approximate surface area is 249 Å². The lowest BCUT2D eigenvalue weighted by Crippen LogP contribution is -2.57. The quantitative estimate of drug-likeness (QED) is 0.0657. The number of nitrogens with one attached hydrogen (secondary N) is 5. The minimum Gasteiger partial charge on any atom is -0.481 e. The number of amides is 5. The number of primary amides is 1. The Balaban J connectivity index is 3.00. The Hall–Kier alpha value is -4.12.